The first kappa shape index (κ1) is 24.2. The smallest absolute Gasteiger partial charge is 0.328 e. The number of esters is 1. The van der Waals surface area contributed by atoms with Gasteiger partial charge < -0.3 is 24.4 Å². The Morgan fingerprint density at radius 1 is 1.28 bits per heavy atom. The number of amides is 1. The lowest BCUT2D eigenvalue weighted by molar-refractivity contribution is -0.146. The van der Waals surface area contributed by atoms with Gasteiger partial charge in [-0.2, -0.15) is 0 Å². The van der Waals surface area contributed by atoms with Crippen molar-refractivity contribution in [1.82, 2.24) is 10.3 Å². The van der Waals surface area contributed by atoms with Crippen molar-refractivity contribution in [1.29, 1.82) is 0 Å². The molecule has 1 saturated heterocycles. The Morgan fingerprint density at radius 3 is 2.66 bits per heavy atom. The number of carbonyl (C=O) groups is 2. The summed E-state index contributed by atoms with van der Waals surface area (Å²) in [5.41, 5.74) is 1.01. The molecule has 1 unspecified atom stereocenters. The molecule has 9 heteroatoms. The molecule has 0 radical (unpaired) electrons. The summed E-state index contributed by atoms with van der Waals surface area (Å²) in [5, 5.41) is 2.73. The molecule has 0 spiro atoms. The Bertz CT molecular complexity index is 781. The number of nitrogens with one attached hydrogen (secondary N) is 1. The first-order valence-corrected chi connectivity index (χ1v) is 11.4. The van der Waals surface area contributed by atoms with Gasteiger partial charge in [0.15, 0.2) is 0 Å². The van der Waals surface area contributed by atoms with Crippen LogP contribution in [0.2, 0.25) is 0 Å². The van der Waals surface area contributed by atoms with Gasteiger partial charge in [0.2, 0.25) is 5.88 Å². The zero-order valence-corrected chi connectivity index (χ0v) is 19.1. The number of anilines is 1. The SMILES string of the molecule is COC1CN(c2ccc(C(=O)NC(CC(C)C)C(=O)OCCCF)nc2OCC2CC2)C1. The van der Waals surface area contributed by atoms with Crippen LogP contribution in [0.5, 0.6) is 5.88 Å². The van der Waals surface area contributed by atoms with E-state index in [1.54, 1.807) is 13.2 Å². The summed E-state index contributed by atoms with van der Waals surface area (Å²) in [5.74, 6) is 0.0829. The largest absolute Gasteiger partial charge is 0.476 e. The number of methoxy groups -OCH3 is 1. The van der Waals surface area contributed by atoms with E-state index in [-0.39, 0.29) is 30.7 Å². The molecular weight excluding hydrogens is 417 g/mol. The molecule has 2 aliphatic rings. The van der Waals surface area contributed by atoms with Gasteiger partial charge >= 0.3 is 5.97 Å². The molecule has 0 aromatic carbocycles. The van der Waals surface area contributed by atoms with Crippen molar-refractivity contribution in [3.63, 3.8) is 0 Å². The molecule has 32 heavy (non-hydrogen) atoms. The fourth-order valence-electron chi connectivity index (χ4n) is 3.42. The second kappa shape index (κ2) is 11.4. The third kappa shape index (κ3) is 6.79. The molecule has 1 aliphatic heterocycles. The van der Waals surface area contributed by atoms with E-state index in [4.69, 9.17) is 14.2 Å². The summed E-state index contributed by atoms with van der Waals surface area (Å²) in [4.78, 5) is 31.9. The van der Waals surface area contributed by atoms with Crippen LogP contribution in [0.25, 0.3) is 0 Å². The highest BCUT2D eigenvalue weighted by atomic mass is 19.1. The van der Waals surface area contributed by atoms with E-state index in [1.807, 2.05) is 19.9 Å². The lowest BCUT2D eigenvalue weighted by atomic mass is 10.0. The van der Waals surface area contributed by atoms with Crippen LogP contribution < -0.4 is 15.0 Å². The third-order valence-corrected chi connectivity index (χ3v) is 5.57. The van der Waals surface area contributed by atoms with Crippen LogP contribution >= 0.6 is 0 Å². The quantitative estimate of drug-likeness (QED) is 0.364. The standard InChI is InChI=1S/C23H34FN3O5/c1-15(2)11-19(23(29)31-10-4-9-24)25-21(28)18-7-8-20(27-12-17(13-27)30-3)22(26-18)32-14-16-5-6-16/h7-8,15-17,19H,4-6,9-14H2,1-3H3,(H,25,28). The fraction of sp³-hybridized carbons (Fsp3) is 0.696. The fourth-order valence-corrected chi connectivity index (χ4v) is 3.42. The number of hydrogen-bond acceptors (Lipinski definition) is 7. The average molecular weight is 452 g/mol. The minimum Gasteiger partial charge on any atom is -0.476 e. The molecule has 1 N–H and O–H groups in total. The van der Waals surface area contributed by atoms with E-state index in [0.29, 0.717) is 24.8 Å². The van der Waals surface area contributed by atoms with Gasteiger partial charge in [0, 0.05) is 26.6 Å². The highest BCUT2D eigenvalue weighted by molar-refractivity contribution is 5.95. The maximum atomic E-state index is 12.9. The molecule has 0 bridgehead atoms. The number of hydrogen-bond donors (Lipinski definition) is 1. The molecule has 2 heterocycles. The van der Waals surface area contributed by atoms with Crippen molar-refractivity contribution in [2.75, 3.05) is 45.0 Å². The van der Waals surface area contributed by atoms with Gasteiger partial charge in [-0.1, -0.05) is 13.8 Å². The summed E-state index contributed by atoms with van der Waals surface area (Å²) in [6.45, 7) is 5.38. The predicted octanol–water partition coefficient (Wildman–Crippen LogP) is 2.75. The molecule has 1 aromatic rings. The second-order valence-corrected chi connectivity index (χ2v) is 8.90. The molecule has 1 saturated carbocycles. The zero-order chi connectivity index (χ0) is 23.1. The van der Waals surface area contributed by atoms with Crippen LogP contribution in [0.3, 0.4) is 0 Å². The number of carbonyl (C=O) groups excluding carboxylic acids is 2. The Kier molecular flexibility index (Phi) is 8.67. The molecule has 1 aromatic heterocycles. The number of nitrogens with zero attached hydrogens (tertiary/aromatic N) is 2. The number of halogens is 1. The van der Waals surface area contributed by atoms with E-state index in [2.05, 4.69) is 15.2 Å². The highest BCUT2D eigenvalue weighted by Crippen LogP contribution is 2.34. The van der Waals surface area contributed by atoms with Crippen molar-refractivity contribution in [2.45, 2.75) is 51.7 Å². The van der Waals surface area contributed by atoms with Crippen LogP contribution in [0.15, 0.2) is 12.1 Å². The number of pyridine rings is 1. The number of aromatic nitrogens is 1. The molecule has 1 aliphatic carbocycles. The van der Waals surface area contributed by atoms with Crippen molar-refractivity contribution in [3.8, 4) is 5.88 Å². The first-order valence-electron chi connectivity index (χ1n) is 11.4. The predicted molar refractivity (Wildman–Crippen MR) is 118 cm³/mol. The van der Waals surface area contributed by atoms with E-state index < -0.39 is 24.6 Å². The highest BCUT2D eigenvalue weighted by Gasteiger charge is 2.31. The van der Waals surface area contributed by atoms with E-state index in [0.717, 1.165) is 31.6 Å². The van der Waals surface area contributed by atoms with Crippen LogP contribution in [-0.4, -0.2) is 69.1 Å². The zero-order valence-electron chi connectivity index (χ0n) is 19.1. The van der Waals surface area contributed by atoms with Crippen LogP contribution in [0.1, 0.15) is 50.0 Å². The molecule has 2 fully saturated rings. The van der Waals surface area contributed by atoms with Crippen LogP contribution in [0.4, 0.5) is 10.1 Å². The molecular formula is C23H34FN3O5. The number of alkyl halides is 1. The summed E-state index contributed by atoms with van der Waals surface area (Å²) in [6.07, 6.45) is 3.02. The normalized spacial score (nSPS) is 17.1. The topological polar surface area (TPSA) is 90.0 Å². The Morgan fingerprint density at radius 2 is 2.03 bits per heavy atom. The maximum Gasteiger partial charge on any atom is 0.328 e. The van der Waals surface area contributed by atoms with Crippen molar-refractivity contribution >= 4 is 17.6 Å². The minimum absolute atomic E-state index is 0.00972. The third-order valence-electron chi connectivity index (χ3n) is 5.57. The monoisotopic (exact) mass is 451 g/mol. The molecule has 8 nitrogen and oxygen atoms in total. The van der Waals surface area contributed by atoms with Gasteiger partial charge in [-0.25, -0.2) is 9.78 Å². The van der Waals surface area contributed by atoms with Gasteiger partial charge in [-0.05, 0) is 43.2 Å². The van der Waals surface area contributed by atoms with Crippen LogP contribution in [-0.2, 0) is 14.3 Å². The Hall–Kier alpha value is -2.42. The lowest BCUT2D eigenvalue weighted by Gasteiger charge is -2.40. The number of rotatable bonds is 13. The lowest BCUT2D eigenvalue weighted by Crippen LogP contribution is -2.52. The van der Waals surface area contributed by atoms with Crippen molar-refractivity contribution in [3.05, 3.63) is 17.8 Å². The molecule has 1 amide bonds. The van der Waals surface area contributed by atoms with Crippen LogP contribution in [0, 0.1) is 11.8 Å². The summed E-state index contributed by atoms with van der Waals surface area (Å²) in [7, 11) is 1.69. The van der Waals surface area contributed by atoms with Gasteiger partial charge in [0.1, 0.15) is 17.4 Å². The Balaban J connectivity index is 1.70. The molecule has 3 rings (SSSR count). The van der Waals surface area contributed by atoms with Gasteiger partial charge in [-0.15, -0.1) is 0 Å². The average Bonchev–Trinajstić information content (AvgIpc) is 3.55. The van der Waals surface area contributed by atoms with Gasteiger partial charge in [0.25, 0.3) is 5.91 Å². The Labute approximate surface area is 188 Å². The minimum atomic E-state index is -0.822. The summed E-state index contributed by atoms with van der Waals surface area (Å²) >= 11 is 0. The van der Waals surface area contributed by atoms with Gasteiger partial charge in [0.05, 0.1) is 26.0 Å². The summed E-state index contributed by atoms with van der Waals surface area (Å²) in [6, 6.07) is 2.64. The summed E-state index contributed by atoms with van der Waals surface area (Å²) < 4.78 is 28.7. The first-order chi connectivity index (χ1) is 15.4. The number of ether oxygens (including phenoxy) is 3. The maximum absolute atomic E-state index is 12.9. The van der Waals surface area contributed by atoms with E-state index in [9.17, 15) is 14.0 Å². The van der Waals surface area contributed by atoms with Gasteiger partial charge in [-0.3, -0.25) is 9.18 Å². The molecule has 178 valence electrons. The second-order valence-electron chi connectivity index (χ2n) is 8.90. The van der Waals surface area contributed by atoms with E-state index >= 15 is 0 Å². The van der Waals surface area contributed by atoms with Crippen molar-refractivity contribution in [2.24, 2.45) is 11.8 Å². The van der Waals surface area contributed by atoms with Crippen molar-refractivity contribution < 1.29 is 28.2 Å². The van der Waals surface area contributed by atoms with E-state index in [1.165, 1.54) is 0 Å². The molecule has 1 atom stereocenters.